The van der Waals surface area contributed by atoms with E-state index in [1.165, 1.54) is 23.1 Å². The fourth-order valence-corrected chi connectivity index (χ4v) is 5.14. The van der Waals surface area contributed by atoms with Gasteiger partial charge in [0, 0.05) is 15.6 Å². The molecule has 2 aromatic heterocycles. The lowest BCUT2D eigenvalue weighted by Gasteiger charge is -2.12. The molecule has 2 heterocycles. The van der Waals surface area contributed by atoms with Gasteiger partial charge in [-0.15, -0.1) is 11.3 Å². The van der Waals surface area contributed by atoms with E-state index in [1.807, 2.05) is 44.2 Å². The molecule has 2 aromatic carbocycles. The maximum atomic E-state index is 13.4. The van der Waals surface area contributed by atoms with Gasteiger partial charge in [-0.1, -0.05) is 47.6 Å². The lowest BCUT2D eigenvalue weighted by Crippen LogP contribution is -2.22. The first kappa shape index (κ1) is 20.7. The molecule has 1 amide bonds. The highest BCUT2D eigenvalue weighted by molar-refractivity contribution is 7.99. The van der Waals surface area contributed by atoms with Crippen LogP contribution in [-0.4, -0.2) is 21.2 Å². The van der Waals surface area contributed by atoms with Crippen molar-refractivity contribution in [1.82, 2.24) is 9.55 Å². The zero-order valence-corrected chi connectivity index (χ0v) is 18.7. The topological polar surface area (TPSA) is 64.0 Å². The molecule has 0 aliphatic rings. The maximum absolute atomic E-state index is 13.4. The van der Waals surface area contributed by atoms with E-state index in [1.54, 1.807) is 28.8 Å². The smallest absolute Gasteiger partial charge is 0.267 e. The highest BCUT2D eigenvalue weighted by atomic mass is 35.5. The Morgan fingerprint density at radius 3 is 2.67 bits per heavy atom. The number of carbonyl (C=O) groups is 1. The van der Waals surface area contributed by atoms with Crippen molar-refractivity contribution in [2.24, 2.45) is 0 Å². The first-order valence-electron chi connectivity index (χ1n) is 9.20. The van der Waals surface area contributed by atoms with Crippen LogP contribution in [0.2, 0.25) is 5.02 Å². The highest BCUT2D eigenvalue weighted by Gasteiger charge is 2.18. The summed E-state index contributed by atoms with van der Waals surface area (Å²) in [6, 6.07) is 16.3. The van der Waals surface area contributed by atoms with Crippen LogP contribution < -0.4 is 10.9 Å². The van der Waals surface area contributed by atoms with Crippen LogP contribution in [0.5, 0.6) is 0 Å². The number of aromatic nitrogens is 2. The van der Waals surface area contributed by atoms with Crippen molar-refractivity contribution in [3.05, 3.63) is 80.4 Å². The van der Waals surface area contributed by atoms with Crippen molar-refractivity contribution in [2.45, 2.75) is 19.0 Å². The number of halogens is 1. The standard InChI is InChI=1S/C22H18ClN3O2S2/c1-13-14(2)30-20-19(13)21(28)26(17-9-4-3-5-10-17)22(25-20)29-12-18(27)24-16-8-6-7-15(23)11-16/h3-11H,12H2,1-2H3,(H,24,27). The molecule has 0 fully saturated rings. The Labute approximate surface area is 186 Å². The van der Waals surface area contributed by atoms with Gasteiger partial charge in [0.15, 0.2) is 5.16 Å². The van der Waals surface area contributed by atoms with E-state index in [2.05, 4.69) is 5.32 Å². The molecule has 0 radical (unpaired) electrons. The van der Waals surface area contributed by atoms with E-state index in [0.717, 1.165) is 16.1 Å². The minimum absolute atomic E-state index is 0.112. The first-order valence-corrected chi connectivity index (χ1v) is 11.4. The van der Waals surface area contributed by atoms with Gasteiger partial charge in [0.05, 0.1) is 16.8 Å². The summed E-state index contributed by atoms with van der Waals surface area (Å²) in [5, 5.41) is 4.49. The second kappa shape index (κ2) is 8.63. The number of carbonyl (C=O) groups excluding carboxylic acids is 1. The molecular formula is C22H18ClN3O2S2. The van der Waals surface area contributed by atoms with Gasteiger partial charge >= 0.3 is 0 Å². The van der Waals surface area contributed by atoms with Crippen LogP contribution in [-0.2, 0) is 4.79 Å². The lowest BCUT2D eigenvalue weighted by molar-refractivity contribution is -0.113. The molecule has 0 atom stereocenters. The molecule has 0 saturated carbocycles. The predicted molar refractivity (Wildman–Crippen MR) is 125 cm³/mol. The van der Waals surface area contributed by atoms with Crippen molar-refractivity contribution in [1.29, 1.82) is 0 Å². The summed E-state index contributed by atoms with van der Waals surface area (Å²) in [5.41, 5.74) is 2.18. The van der Waals surface area contributed by atoms with Crippen molar-refractivity contribution in [3.8, 4) is 5.69 Å². The Balaban J connectivity index is 1.69. The summed E-state index contributed by atoms with van der Waals surface area (Å²) in [7, 11) is 0. The molecule has 0 bridgehead atoms. The molecule has 4 aromatic rings. The fourth-order valence-electron chi connectivity index (χ4n) is 3.07. The SMILES string of the molecule is Cc1sc2nc(SCC(=O)Nc3cccc(Cl)c3)n(-c3ccccc3)c(=O)c2c1C. The molecule has 0 unspecified atom stereocenters. The fraction of sp³-hybridized carbons (Fsp3) is 0.136. The number of thioether (sulfide) groups is 1. The van der Waals surface area contributed by atoms with Gasteiger partial charge in [0.1, 0.15) is 4.83 Å². The second-order valence-corrected chi connectivity index (χ2v) is 9.26. The van der Waals surface area contributed by atoms with Crippen LogP contribution >= 0.6 is 34.7 Å². The summed E-state index contributed by atoms with van der Waals surface area (Å²) in [5.74, 6) is -0.0876. The first-order chi connectivity index (χ1) is 14.4. The molecule has 0 aliphatic heterocycles. The Morgan fingerprint density at radius 2 is 1.93 bits per heavy atom. The Morgan fingerprint density at radius 1 is 1.17 bits per heavy atom. The van der Waals surface area contributed by atoms with Gasteiger partial charge in [0.2, 0.25) is 5.91 Å². The predicted octanol–water partition coefficient (Wildman–Crippen LogP) is 5.45. The molecule has 0 aliphatic carbocycles. The number of benzene rings is 2. The van der Waals surface area contributed by atoms with Crippen LogP contribution in [0.15, 0.2) is 64.5 Å². The number of nitrogens with one attached hydrogen (secondary N) is 1. The van der Waals surface area contributed by atoms with Crippen LogP contribution in [0, 0.1) is 13.8 Å². The molecule has 0 saturated heterocycles. The van der Waals surface area contributed by atoms with Crippen molar-refractivity contribution in [2.75, 3.05) is 11.1 Å². The van der Waals surface area contributed by atoms with E-state index in [-0.39, 0.29) is 17.2 Å². The number of fused-ring (bicyclic) bond motifs is 1. The molecule has 1 N–H and O–H groups in total. The Hall–Kier alpha value is -2.61. The van der Waals surface area contributed by atoms with Crippen molar-refractivity contribution < 1.29 is 4.79 Å². The van der Waals surface area contributed by atoms with Crippen molar-refractivity contribution >= 4 is 56.5 Å². The second-order valence-electron chi connectivity index (χ2n) is 6.68. The number of hydrogen-bond acceptors (Lipinski definition) is 5. The molecule has 8 heteroatoms. The Bertz CT molecular complexity index is 1300. The van der Waals surface area contributed by atoms with Gasteiger partial charge < -0.3 is 5.32 Å². The van der Waals surface area contributed by atoms with E-state index >= 15 is 0 Å². The lowest BCUT2D eigenvalue weighted by atomic mass is 10.2. The van der Waals surface area contributed by atoms with Crippen LogP contribution in [0.1, 0.15) is 10.4 Å². The average Bonchev–Trinajstić information content (AvgIpc) is 3.01. The number of aryl methyl sites for hydroxylation is 2. The van der Waals surface area contributed by atoms with E-state index in [4.69, 9.17) is 16.6 Å². The van der Waals surface area contributed by atoms with E-state index in [0.29, 0.717) is 26.1 Å². The number of nitrogens with zero attached hydrogens (tertiary/aromatic N) is 2. The number of thiophene rings is 1. The van der Waals surface area contributed by atoms with E-state index in [9.17, 15) is 9.59 Å². The number of para-hydroxylation sites is 1. The molecular weight excluding hydrogens is 438 g/mol. The minimum atomic E-state index is -0.199. The third-order valence-corrected chi connectivity index (χ3v) is 6.90. The third-order valence-electron chi connectivity index (χ3n) is 4.63. The number of amides is 1. The molecule has 4 rings (SSSR count). The quantitative estimate of drug-likeness (QED) is 0.321. The van der Waals surface area contributed by atoms with Gasteiger partial charge in [-0.05, 0) is 49.7 Å². The molecule has 30 heavy (non-hydrogen) atoms. The van der Waals surface area contributed by atoms with E-state index < -0.39 is 0 Å². The zero-order valence-electron chi connectivity index (χ0n) is 16.3. The van der Waals surface area contributed by atoms with Gasteiger partial charge in [-0.3, -0.25) is 14.2 Å². The van der Waals surface area contributed by atoms with Crippen LogP contribution in [0.25, 0.3) is 15.9 Å². The summed E-state index contributed by atoms with van der Waals surface area (Å²) in [4.78, 5) is 32.3. The van der Waals surface area contributed by atoms with Gasteiger partial charge in [-0.25, -0.2) is 4.98 Å². The molecule has 0 spiro atoms. The third kappa shape index (κ3) is 4.14. The van der Waals surface area contributed by atoms with Gasteiger partial charge in [-0.2, -0.15) is 0 Å². The van der Waals surface area contributed by atoms with Crippen molar-refractivity contribution in [3.63, 3.8) is 0 Å². The molecule has 5 nitrogen and oxygen atoms in total. The average molecular weight is 456 g/mol. The number of anilines is 1. The van der Waals surface area contributed by atoms with Crippen LogP contribution in [0.4, 0.5) is 5.69 Å². The summed E-state index contributed by atoms with van der Waals surface area (Å²) in [6.45, 7) is 3.93. The molecule has 152 valence electrons. The Kier molecular flexibility index (Phi) is 5.94. The monoisotopic (exact) mass is 455 g/mol. The normalized spacial score (nSPS) is 11.0. The van der Waals surface area contributed by atoms with Crippen LogP contribution in [0.3, 0.4) is 0 Å². The van der Waals surface area contributed by atoms with Gasteiger partial charge in [0.25, 0.3) is 5.56 Å². The number of rotatable bonds is 5. The highest BCUT2D eigenvalue weighted by Crippen LogP contribution is 2.29. The summed E-state index contributed by atoms with van der Waals surface area (Å²) >= 11 is 8.70. The minimum Gasteiger partial charge on any atom is -0.325 e. The maximum Gasteiger partial charge on any atom is 0.267 e. The largest absolute Gasteiger partial charge is 0.325 e. The summed E-state index contributed by atoms with van der Waals surface area (Å²) < 4.78 is 1.58. The summed E-state index contributed by atoms with van der Waals surface area (Å²) in [6.07, 6.45) is 0. The number of hydrogen-bond donors (Lipinski definition) is 1. The zero-order chi connectivity index (χ0) is 21.3.